The molecule has 0 fully saturated rings. The van der Waals surface area contributed by atoms with Crippen LogP contribution < -0.4 is 0 Å². The van der Waals surface area contributed by atoms with Gasteiger partial charge in [0.15, 0.2) is 0 Å². The van der Waals surface area contributed by atoms with Crippen molar-refractivity contribution in [3.05, 3.63) is 0 Å². The van der Waals surface area contributed by atoms with E-state index in [2.05, 4.69) is 20.8 Å². The summed E-state index contributed by atoms with van der Waals surface area (Å²) in [6.45, 7) is 6.96. The van der Waals surface area contributed by atoms with Gasteiger partial charge in [-0.1, -0.05) is 0 Å². The van der Waals surface area contributed by atoms with Crippen molar-refractivity contribution in [3.63, 3.8) is 0 Å². The van der Waals surface area contributed by atoms with E-state index in [1.54, 1.807) is 0 Å². The number of halogens is 1. The Bertz CT molecular complexity index is 151. The third-order valence-electron chi connectivity index (χ3n) is 3.78. The Kier molecular flexibility index (Phi) is 17.6. The fourth-order valence-electron chi connectivity index (χ4n) is 2.47. The summed E-state index contributed by atoms with van der Waals surface area (Å²) >= 11 is 1.81. The van der Waals surface area contributed by atoms with Gasteiger partial charge in [0.25, 0.3) is 0 Å². The first kappa shape index (κ1) is 21.6. The Labute approximate surface area is 140 Å². The molecule has 0 atom stereocenters. The standard InChI is InChI=1S/C16H33.BrH.Sn/c1-4-7-10-11-12-15-16(13-8-5-2)14-9-6-3;;/h4-15H2,1-3H3;1H;. The van der Waals surface area contributed by atoms with Gasteiger partial charge in [0.1, 0.15) is 0 Å². The Morgan fingerprint density at radius 1 is 0.611 bits per heavy atom. The topological polar surface area (TPSA) is 0 Å². The summed E-state index contributed by atoms with van der Waals surface area (Å²) in [5.74, 6) is 0. The minimum atomic E-state index is 0. The van der Waals surface area contributed by atoms with E-state index in [1.165, 1.54) is 77.0 Å². The Morgan fingerprint density at radius 3 is 1.44 bits per heavy atom. The number of rotatable bonds is 12. The molecule has 3 radical (unpaired) electrons. The second kappa shape index (κ2) is 14.7. The third kappa shape index (κ3) is 12.3. The third-order valence-corrected chi connectivity index (χ3v) is 5.92. The van der Waals surface area contributed by atoms with Crippen LogP contribution in [-0.2, 0) is 0 Å². The molecule has 0 amide bonds. The predicted molar refractivity (Wildman–Crippen MR) is 91.2 cm³/mol. The summed E-state index contributed by atoms with van der Waals surface area (Å²) in [7, 11) is 0. The van der Waals surface area contributed by atoms with Crippen molar-refractivity contribution in [2.45, 2.75) is 101 Å². The van der Waals surface area contributed by atoms with E-state index in [9.17, 15) is 0 Å². The second-order valence-electron chi connectivity index (χ2n) is 5.65. The summed E-state index contributed by atoms with van der Waals surface area (Å²) in [4.78, 5) is 0. The maximum absolute atomic E-state index is 2.33. The van der Waals surface area contributed by atoms with Crippen LogP contribution >= 0.6 is 17.0 Å². The van der Waals surface area contributed by atoms with Crippen LogP contribution in [0.2, 0.25) is 3.43 Å². The molecule has 0 nitrogen and oxygen atoms in total. The molecule has 0 N–H and O–H groups in total. The predicted octanol–water partition coefficient (Wildman–Crippen LogP) is 6.63. The van der Waals surface area contributed by atoms with Crippen molar-refractivity contribution in [2.75, 3.05) is 0 Å². The van der Waals surface area contributed by atoms with Crippen LogP contribution in [0.25, 0.3) is 0 Å². The Morgan fingerprint density at radius 2 is 1.00 bits per heavy atom. The molecule has 0 heterocycles. The van der Waals surface area contributed by atoms with Crippen LogP contribution in [0.5, 0.6) is 0 Å². The van der Waals surface area contributed by atoms with E-state index in [1.807, 2.05) is 22.5 Å². The first-order valence-corrected chi connectivity index (χ1v) is 9.36. The van der Waals surface area contributed by atoms with Crippen molar-refractivity contribution in [1.29, 1.82) is 0 Å². The maximum atomic E-state index is 2.33. The first-order chi connectivity index (χ1) is 8.18. The molecular formula is C16H34BrSn. The van der Waals surface area contributed by atoms with E-state index in [-0.39, 0.29) is 17.0 Å². The van der Waals surface area contributed by atoms with Gasteiger partial charge in [-0.2, -0.15) is 0 Å². The van der Waals surface area contributed by atoms with Crippen LogP contribution in [0.4, 0.5) is 0 Å². The molecule has 18 heavy (non-hydrogen) atoms. The number of unbranched alkanes of at least 4 members (excludes halogenated alkanes) is 6. The molecular weight excluding hydrogens is 391 g/mol. The van der Waals surface area contributed by atoms with Crippen LogP contribution in [0.1, 0.15) is 97.8 Å². The minimum absolute atomic E-state index is 0. The Hall–Kier alpha value is 1.28. The fraction of sp³-hybridized carbons (Fsp3) is 1.00. The summed E-state index contributed by atoms with van der Waals surface area (Å²) in [5.41, 5.74) is 0. The molecule has 0 aliphatic carbocycles. The van der Waals surface area contributed by atoms with E-state index >= 15 is 0 Å². The van der Waals surface area contributed by atoms with Gasteiger partial charge < -0.3 is 0 Å². The molecule has 0 unspecified atom stereocenters. The number of hydrogen-bond acceptors (Lipinski definition) is 0. The monoisotopic (exact) mass is 425 g/mol. The van der Waals surface area contributed by atoms with Crippen molar-refractivity contribution in [2.24, 2.45) is 0 Å². The first-order valence-electron chi connectivity index (χ1n) is 7.93. The van der Waals surface area contributed by atoms with E-state index in [0.717, 1.165) is 3.43 Å². The van der Waals surface area contributed by atoms with Crippen LogP contribution in [-0.4, -0.2) is 22.5 Å². The number of hydrogen-bond donors (Lipinski definition) is 0. The summed E-state index contributed by atoms with van der Waals surface area (Å²) in [6, 6.07) is 0. The SMILES string of the molecule is Br.CCCCCCC[C]([Sn])(CCCC)CCCC. The summed E-state index contributed by atoms with van der Waals surface area (Å²) in [6.07, 6.45) is 17.4. The van der Waals surface area contributed by atoms with Gasteiger partial charge >= 0.3 is 124 Å². The van der Waals surface area contributed by atoms with Gasteiger partial charge in [0.05, 0.1) is 0 Å². The van der Waals surface area contributed by atoms with Crippen LogP contribution in [0.15, 0.2) is 0 Å². The van der Waals surface area contributed by atoms with Gasteiger partial charge in [-0.05, 0) is 0 Å². The zero-order valence-electron chi connectivity index (χ0n) is 12.9. The molecule has 0 aromatic carbocycles. The summed E-state index contributed by atoms with van der Waals surface area (Å²) in [5, 5.41) is 0. The van der Waals surface area contributed by atoms with Crippen molar-refractivity contribution >= 4 is 39.5 Å². The summed E-state index contributed by atoms with van der Waals surface area (Å²) < 4.78 is 0.741. The molecule has 0 bridgehead atoms. The quantitative estimate of drug-likeness (QED) is 0.243. The van der Waals surface area contributed by atoms with Crippen LogP contribution in [0, 0.1) is 0 Å². The molecule has 0 aromatic rings. The molecule has 0 spiro atoms. The molecule has 0 aromatic heterocycles. The van der Waals surface area contributed by atoms with E-state index < -0.39 is 0 Å². The van der Waals surface area contributed by atoms with Gasteiger partial charge in [0, 0.05) is 0 Å². The van der Waals surface area contributed by atoms with Gasteiger partial charge in [0.2, 0.25) is 0 Å². The normalized spacial score (nSPS) is 11.3. The zero-order valence-corrected chi connectivity index (χ0v) is 17.5. The second-order valence-corrected chi connectivity index (χ2v) is 8.68. The van der Waals surface area contributed by atoms with Crippen molar-refractivity contribution < 1.29 is 0 Å². The molecule has 0 aliphatic rings. The van der Waals surface area contributed by atoms with Gasteiger partial charge in [-0.3, -0.25) is 0 Å². The zero-order chi connectivity index (χ0) is 13.0. The molecule has 0 saturated carbocycles. The van der Waals surface area contributed by atoms with Crippen molar-refractivity contribution in [3.8, 4) is 0 Å². The van der Waals surface area contributed by atoms with Crippen molar-refractivity contribution in [1.82, 2.24) is 0 Å². The fourth-order valence-corrected chi connectivity index (χ4v) is 3.99. The Balaban J connectivity index is 0. The van der Waals surface area contributed by atoms with Crippen LogP contribution in [0.3, 0.4) is 0 Å². The van der Waals surface area contributed by atoms with Gasteiger partial charge in [-0.15, -0.1) is 17.0 Å². The molecule has 109 valence electrons. The van der Waals surface area contributed by atoms with E-state index in [4.69, 9.17) is 0 Å². The molecule has 0 saturated heterocycles. The van der Waals surface area contributed by atoms with E-state index in [0.29, 0.717) is 0 Å². The average molecular weight is 425 g/mol. The molecule has 2 heteroatoms. The average Bonchev–Trinajstić information content (AvgIpc) is 2.34. The molecule has 0 aliphatic heterocycles. The molecule has 0 rings (SSSR count). The van der Waals surface area contributed by atoms with Gasteiger partial charge in [-0.25, -0.2) is 0 Å².